The molecule has 0 bridgehead atoms. The summed E-state index contributed by atoms with van der Waals surface area (Å²) in [6, 6.07) is 3.99. The van der Waals surface area contributed by atoms with Crippen LogP contribution in [0.3, 0.4) is 0 Å². The van der Waals surface area contributed by atoms with Gasteiger partial charge in [0.25, 0.3) is 0 Å². The first kappa shape index (κ1) is 11.5. The first-order chi connectivity index (χ1) is 8.74. The summed E-state index contributed by atoms with van der Waals surface area (Å²) in [7, 11) is 0. The molecule has 0 atom stereocenters. The Morgan fingerprint density at radius 3 is 3.06 bits per heavy atom. The lowest BCUT2D eigenvalue weighted by Gasteiger charge is -2.22. The number of hydrogen-bond acceptors (Lipinski definition) is 4. The smallest absolute Gasteiger partial charge is 0.323 e. The molecule has 2 aromatic heterocycles. The van der Waals surface area contributed by atoms with Gasteiger partial charge in [0.2, 0.25) is 0 Å². The van der Waals surface area contributed by atoms with Crippen LogP contribution in [0.1, 0.15) is 12.8 Å². The van der Waals surface area contributed by atoms with Crippen LogP contribution >= 0.6 is 11.3 Å². The lowest BCUT2D eigenvalue weighted by atomic mass is 10.2. The summed E-state index contributed by atoms with van der Waals surface area (Å²) >= 11 is 1.66. The van der Waals surface area contributed by atoms with E-state index < -0.39 is 5.97 Å². The number of thiophene rings is 1. The fourth-order valence-corrected chi connectivity index (χ4v) is 2.91. The van der Waals surface area contributed by atoms with Crippen molar-refractivity contribution in [2.45, 2.75) is 12.8 Å². The Balaban J connectivity index is 1.96. The highest BCUT2D eigenvalue weighted by atomic mass is 32.1. The Bertz CT molecular complexity index is 577. The minimum atomic E-state index is -0.801. The third kappa shape index (κ3) is 2.31. The summed E-state index contributed by atoms with van der Waals surface area (Å²) in [5.41, 5.74) is 0. The Morgan fingerprint density at radius 2 is 2.33 bits per heavy atom. The van der Waals surface area contributed by atoms with E-state index in [-0.39, 0.29) is 6.54 Å². The highest BCUT2D eigenvalue weighted by molar-refractivity contribution is 7.17. The van der Waals surface area contributed by atoms with Crippen LogP contribution in [0.15, 0.2) is 23.7 Å². The van der Waals surface area contributed by atoms with Gasteiger partial charge in [0, 0.05) is 22.8 Å². The van der Waals surface area contributed by atoms with E-state index in [0.717, 1.165) is 22.4 Å². The van der Waals surface area contributed by atoms with Gasteiger partial charge in [-0.3, -0.25) is 4.79 Å². The van der Waals surface area contributed by atoms with Crippen LogP contribution in [0.5, 0.6) is 0 Å². The van der Waals surface area contributed by atoms with Crippen LogP contribution < -0.4 is 4.90 Å². The van der Waals surface area contributed by atoms with Crippen LogP contribution in [0.2, 0.25) is 0 Å². The number of fused-ring (bicyclic) bond motifs is 1. The summed E-state index contributed by atoms with van der Waals surface area (Å²) in [6.45, 7) is 0.826. The lowest BCUT2D eigenvalue weighted by molar-refractivity contribution is -0.135. The SMILES string of the molecule is O=C(O)CN(CC1CC1)c1nccc2sccc12. The number of rotatable bonds is 5. The minimum absolute atomic E-state index is 0.0262. The van der Waals surface area contributed by atoms with Gasteiger partial charge in [-0.2, -0.15) is 0 Å². The first-order valence-electron chi connectivity index (χ1n) is 6.03. The van der Waals surface area contributed by atoms with Crippen molar-refractivity contribution in [3.8, 4) is 0 Å². The summed E-state index contributed by atoms with van der Waals surface area (Å²) in [5, 5.41) is 12.1. The maximum atomic E-state index is 11.0. The van der Waals surface area contributed by atoms with Crippen LogP contribution in [-0.2, 0) is 4.79 Å². The second kappa shape index (κ2) is 4.57. The highest BCUT2D eigenvalue weighted by Crippen LogP contribution is 2.34. The van der Waals surface area contributed by atoms with Crippen molar-refractivity contribution >= 4 is 33.2 Å². The molecule has 3 rings (SSSR count). The average Bonchev–Trinajstić information content (AvgIpc) is 3.02. The first-order valence-corrected chi connectivity index (χ1v) is 6.91. The number of aliphatic carboxylic acids is 1. The van der Waals surface area contributed by atoms with Crippen molar-refractivity contribution in [1.29, 1.82) is 0 Å². The Labute approximate surface area is 109 Å². The van der Waals surface area contributed by atoms with Crippen LogP contribution in [0, 0.1) is 5.92 Å². The van der Waals surface area contributed by atoms with E-state index in [1.165, 1.54) is 12.8 Å². The lowest BCUT2D eigenvalue weighted by Crippen LogP contribution is -2.32. The van der Waals surface area contributed by atoms with Crippen molar-refractivity contribution in [3.05, 3.63) is 23.7 Å². The number of carboxylic acid groups (broad SMARTS) is 1. The molecule has 2 aromatic rings. The molecule has 1 aliphatic carbocycles. The van der Waals surface area contributed by atoms with E-state index in [0.29, 0.717) is 5.92 Å². The summed E-state index contributed by atoms with van der Waals surface area (Å²) in [5.74, 6) is 0.646. The molecule has 2 heterocycles. The van der Waals surface area contributed by atoms with E-state index in [9.17, 15) is 4.79 Å². The van der Waals surface area contributed by atoms with Crippen molar-refractivity contribution in [2.75, 3.05) is 18.0 Å². The molecule has 1 saturated carbocycles. The zero-order valence-corrected chi connectivity index (χ0v) is 10.7. The van der Waals surface area contributed by atoms with E-state index >= 15 is 0 Å². The fourth-order valence-electron chi connectivity index (χ4n) is 2.13. The molecular formula is C13H14N2O2S. The molecule has 0 unspecified atom stereocenters. The van der Waals surface area contributed by atoms with Crippen LogP contribution in [-0.4, -0.2) is 29.1 Å². The van der Waals surface area contributed by atoms with Gasteiger partial charge in [-0.15, -0.1) is 11.3 Å². The molecule has 94 valence electrons. The Kier molecular flexibility index (Phi) is 2.91. The van der Waals surface area contributed by atoms with Gasteiger partial charge in [-0.05, 0) is 36.3 Å². The molecule has 1 N–H and O–H groups in total. The van der Waals surface area contributed by atoms with E-state index in [1.54, 1.807) is 17.5 Å². The molecule has 0 aromatic carbocycles. The highest BCUT2D eigenvalue weighted by Gasteiger charge is 2.26. The molecule has 18 heavy (non-hydrogen) atoms. The largest absolute Gasteiger partial charge is 0.480 e. The zero-order chi connectivity index (χ0) is 12.5. The average molecular weight is 262 g/mol. The molecule has 5 heteroatoms. The molecule has 1 fully saturated rings. The van der Waals surface area contributed by atoms with Crippen molar-refractivity contribution < 1.29 is 9.90 Å². The topological polar surface area (TPSA) is 53.4 Å². The van der Waals surface area contributed by atoms with E-state index in [2.05, 4.69) is 4.98 Å². The zero-order valence-electron chi connectivity index (χ0n) is 9.87. The monoisotopic (exact) mass is 262 g/mol. The van der Waals surface area contributed by atoms with Gasteiger partial charge in [-0.25, -0.2) is 4.98 Å². The molecule has 0 aliphatic heterocycles. The molecule has 0 saturated heterocycles. The number of aromatic nitrogens is 1. The van der Waals surface area contributed by atoms with Gasteiger partial charge in [-0.1, -0.05) is 0 Å². The minimum Gasteiger partial charge on any atom is -0.480 e. The van der Waals surface area contributed by atoms with Gasteiger partial charge in [0.15, 0.2) is 0 Å². The van der Waals surface area contributed by atoms with Gasteiger partial charge in [0.05, 0.1) is 0 Å². The number of nitrogens with zero attached hydrogens (tertiary/aromatic N) is 2. The molecule has 0 radical (unpaired) electrons. The van der Waals surface area contributed by atoms with Crippen molar-refractivity contribution in [1.82, 2.24) is 4.98 Å². The van der Waals surface area contributed by atoms with Crippen LogP contribution in [0.25, 0.3) is 10.1 Å². The summed E-state index contributed by atoms with van der Waals surface area (Å²) in [6.07, 6.45) is 4.17. The third-order valence-electron chi connectivity index (χ3n) is 3.16. The Hall–Kier alpha value is -1.62. The summed E-state index contributed by atoms with van der Waals surface area (Å²) < 4.78 is 1.16. The van der Waals surface area contributed by atoms with E-state index in [4.69, 9.17) is 5.11 Å². The van der Waals surface area contributed by atoms with Gasteiger partial charge < -0.3 is 10.0 Å². The van der Waals surface area contributed by atoms with Gasteiger partial charge >= 0.3 is 5.97 Å². The molecule has 4 nitrogen and oxygen atoms in total. The van der Waals surface area contributed by atoms with Crippen molar-refractivity contribution in [2.24, 2.45) is 5.92 Å². The quantitative estimate of drug-likeness (QED) is 0.900. The predicted molar refractivity (Wildman–Crippen MR) is 72.2 cm³/mol. The number of carbonyl (C=O) groups is 1. The van der Waals surface area contributed by atoms with E-state index in [1.807, 2.05) is 22.4 Å². The molecular weight excluding hydrogens is 248 g/mol. The molecule has 0 spiro atoms. The third-order valence-corrected chi connectivity index (χ3v) is 4.04. The second-order valence-corrected chi connectivity index (χ2v) is 5.63. The number of pyridine rings is 1. The second-order valence-electron chi connectivity index (χ2n) is 4.68. The number of hydrogen-bond donors (Lipinski definition) is 1. The molecule has 0 amide bonds. The molecule has 1 aliphatic rings. The Morgan fingerprint density at radius 1 is 1.50 bits per heavy atom. The maximum absolute atomic E-state index is 11.0. The summed E-state index contributed by atoms with van der Waals surface area (Å²) in [4.78, 5) is 17.3. The number of anilines is 1. The fraction of sp³-hybridized carbons (Fsp3) is 0.385. The maximum Gasteiger partial charge on any atom is 0.323 e. The van der Waals surface area contributed by atoms with Crippen molar-refractivity contribution in [3.63, 3.8) is 0 Å². The normalized spacial score (nSPS) is 14.9. The number of carboxylic acids is 1. The van der Waals surface area contributed by atoms with Gasteiger partial charge in [0.1, 0.15) is 12.4 Å². The predicted octanol–water partition coefficient (Wildman–Crippen LogP) is 2.60. The van der Waals surface area contributed by atoms with Crippen LogP contribution in [0.4, 0.5) is 5.82 Å². The standard InChI is InChI=1S/C13H14N2O2S/c16-12(17)8-15(7-9-1-2-9)13-10-4-6-18-11(10)3-5-14-13/h3-6,9H,1-2,7-8H2,(H,16,17).